The van der Waals surface area contributed by atoms with Crippen molar-refractivity contribution in [3.05, 3.63) is 101 Å². The topological polar surface area (TPSA) is 46.5 Å². The van der Waals surface area contributed by atoms with Crippen molar-refractivity contribution < 1.29 is 14.6 Å². The van der Waals surface area contributed by atoms with Crippen LogP contribution in [0.25, 0.3) is 0 Å². The van der Waals surface area contributed by atoms with Gasteiger partial charge in [0.1, 0.15) is 5.75 Å². The van der Waals surface area contributed by atoms with Gasteiger partial charge in [0.2, 0.25) is 0 Å². The number of hydrogen-bond acceptors (Lipinski definition) is 3. The van der Waals surface area contributed by atoms with Gasteiger partial charge in [-0.2, -0.15) is 0 Å². The number of methoxy groups -OCH3 is 1. The monoisotopic (exact) mass is 330 g/mol. The number of fused-ring (bicyclic) bond motifs is 1. The smallest absolute Gasteiger partial charge is 0.200 e. The summed E-state index contributed by atoms with van der Waals surface area (Å²) in [5.74, 6) is -0.0144. The van der Waals surface area contributed by atoms with Gasteiger partial charge in [-0.3, -0.25) is 4.79 Å². The Morgan fingerprint density at radius 1 is 0.880 bits per heavy atom. The molecule has 4 rings (SSSR count). The molecular formula is C22H18O3. The highest BCUT2D eigenvalue weighted by molar-refractivity contribution is 6.08. The number of carbonyl (C=O) groups excluding carboxylic acids is 1. The molecule has 1 aliphatic rings. The summed E-state index contributed by atoms with van der Waals surface area (Å²) >= 11 is 0. The molecule has 3 nitrogen and oxygen atoms in total. The zero-order valence-electron chi connectivity index (χ0n) is 13.8. The van der Waals surface area contributed by atoms with Gasteiger partial charge >= 0.3 is 0 Å². The summed E-state index contributed by atoms with van der Waals surface area (Å²) in [6, 6.07) is 24.2. The van der Waals surface area contributed by atoms with Gasteiger partial charge in [-0.25, -0.2) is 0 Å². The summed E-state index contributed by atoms with van der Waals surface area (Å²) in [6.07, 6.45) is 0. The number of rotatable bonds is 3. The lowest BCUT2D eigenvalue weighted by atomic mass is 9.77. The fraction of sp³-hybridized carbons (Fsp3) is 0.136. The second-order valence-electron chi connectivity index (χ2n) is 6.25. The van der Waals surface area contributed by atoms with E-state index in [9.17, 15) is 9.90 Å². The number of ether oxygens (including phenoxy) is 1. The molecule has 0 saturated carbocycles. The van der Waals surface area contributed by atoms with Crippen LogP contribution in [0.3, 0.4) is 0 Å². The zero-order valence-corrected chi connectivity index (χ0v) is 13.8. The zero-order chi connectivity index (χ0) is 17.4. The molecular weight excluding hydrogens is 312 g/mol. The van der Waals surface area contributed by atoms with E-state index in [1.54, 1.807) is 37.4 Å². The fourth-order valence-electron chi connectivity index (χ4n) is 3.73. The Balaban J connectivity index is 1.94. The van der Waals surface area contributed by atoms with Gasteiger partial charge in [-0.15, -0.1) is 0 Å². The molecule has 2 atom stereocenters. The van der Waals surface area contributed by atoms with Crippen molar-refractivity contribution in [3.63, 3.8) is 0 Å². The van der Waals surface area contributed by atoms with Crippen LogP contribution in [-0.2, 0) is 5.60 Å². The third-order valence-corrected chi connectivity index (χ3v) is 4.94. The first-order valence-corrected chi connectivity index (χ1v) is 8.22. The Morgan fingerprint density at radius 3 is 2.20 bits per heavy atom. The minimum atomic E-state index is -1.63. The third-order valence-electron chi connectivity index (χ3n) is 4.94. The number of aliphatic hydroxyl groups is 1. The van der Waals surface area contributed by atoms with Crippen molar-refractivity contribution >= 4 is 5.78 Å². The third kappa shape index (κ3) is 2.28. The van der Waals surface area contributed by atoms with Gasteiger partial charge in [0.05, 0.1) is 13.0 Å². The summed E-state index contributed by atoms with van der Waals surface area (Å²) in [7, 11) is 1.59. The summed E-state index contributed by atoms with van der Waals surface area (Å²) in [5, 5.41) is 11.6. The van der Waals surface area contributed by atoms with E-state index in [0.717, 1.165) is 11.1 Å². The predicted octanol–water partition coefficient (Wildman–Crippen LogP) is 3.91. The van der Waals surface area contributed by atoms with Crippen molar-refractivity contribution in [3.8, 4) is 5.75 Å². The SMILES string of the molecule is COc1ccc([C@@]2(O)C(=O)c3ccccc3[C@@H]2c2ccccc2)cc1. The molecule has 25 heavy (non-hydrogen) atoms. The fourth-order valence-corrected chi connectivity index (χ4v) is 3.73. The Bertz CT molecular complexity index is 916. The van der Waals surface area contributed by atoms with Crippen LogP contribution in [0.15, 0.2) is 78.9 Å². The molecule has 1 aliphatic carbocycles. The van der Waals surface area contributed by atoms with E-state index in [1.165, 1.54) is 0 Å². The first-order valence-electron chi connectivity index (χ1n) is 8.22. The molecule has 3 heteroatoms. The van der Waals surface area contributed by atoms with E-state index in [-0.39, 0.29) is 5.78 Å². The number of Topliss-reactive ketones (excluding diaryl/α,β-unsaturated/α-hetero) is 1. The van der Waals surface area contributed by atoms with Crippen LogP contribution in [0.4, 0.5) is 0 Å². The van der Waals surface area contributed by atoms with Gasteiger partial charge in [-0.1, -0.05) is 66.7 Å². The van der Waals surface area contributed by atoms with Crippen LogP contribution in [0, 0.1) is 0 Å². The van der Waals surface area contributed by atoms with Crippen molar-refractivity contribution in [2.45, 2.75) is 11.5 Å². The first-order chi connectivity index (χ1) is 12.2. The second-order valence-corrected chi connectivity index (χ2v) is 6.25. The van der Waals surface area contributed by atoms with Crippen LogP contribution < -0.4 is 4.74 Å². The molecule has 3 aromatic carbocycles. The molecule has 124 valence electrons. The van der Waals surface area contributed by atoms with Crippen LogP contribution in [-0.4, -0.2) is 18.0 Å². The first kappa shape index (κ1) is 15.6. The lowest BCUT2D eigenvalue weighted by Crippen LogP contribution is -2.36. The molecule has 1 N–H and O–H groups in total. The lowest BCUT2D eigenvalue weighted by molar-refractivity contribution is 0.0272. The number of carbonyl (C=O) groups is 1. The average Bonchev–Trinajstić information content (AvgIpc) is 2.91. The van der Waals surface area contributed by atoms with Crippen LogP contribution in [0.5, 0.6) is 5.75 Å². The highest BCUT2D eigenvalue weighted by Gasteiger charge is 2.53. The Morgan fingerprint density at radius 2 is 1.52 bits per heavy atom. The summed E-state index contributed by atoms with van der Waals surface area (Å²) in [6.45, 7) is 0. The number of hydrogen-bond donors (Lipinski definition) is 1. The van der Waals surface area contributed by atoms with Gasteiger partial charge in [0.15, 0.2) is 11.4 Å². The molecule has 0 unspecified atom stereocenters. The van der Waals surface area contributed by atoms with Crippen molar-refractivity contribution in [1.29, 1.82) is 0 Å². The lowest BCUT2D eigenvalue weighted by Gasteiger charge is -2.30. The van der Waals surface area contributed by atoms with Crippen LogP contribution in [0.2, 0.25) is 0 Å². The van der Waals surface area contributed by atoms with Gasteiger partial charge < -0.3 is 9.84 Å². The molecule has 0 bridgehead atoms. The highest BCUT2D eigenvalue weighted by atomic mass is 16.5. The van der Waals surface area contributed by atoms with Crippen molar-refractivity contribution in [2.75, 3.05) is 7.11 Å². The van der Waals surface area contributed by atoms with E-state index in [0.29, 0.717) is 16.9 Å². The van der Waals surface area contributed by atoms with Crippen LogP contribution >= 0.6 is 0 Å². The maximum absolute atomic E-state index is 13.2. The standard InChI is InChI=1S/C22H18O3/c1-25-17-13-11-16(12-14-17)22(24)20(15-7-3-2-4-8-15)18-9-5-6-10-19(18)21(22)23/h2-14,20,24H,1H3/t20-,22-/m0/s1. The van der Waals surface area contributed by atoms with Gasteiger partial charge in [0.25, 0.3) is 0 Å². The summed E-state index contributed by atoms with van der Waals surface area (Å²) in [5.41, 5.74) is 1.30. The van der Waals surface area contributed by atoms with Crippen LogP contribution in [0.1, 0.15) is 33.0 Å². The van der Waals surface area contributed by atoms with E-state index in [4.69, 9.17) is 4.74 Å². The number of benzene rings is 3. The van der Waals surface area contributed by atoms with E-state index >= 15 is 0 Å². The Kier molecular flexibility index (Phi) is 3.66. The molecule has 0 radical (unpaired) electrons. The maximum atomic E-state index is 13.2. The average molecular weight is 330 g/mol. The van der Waals surface area contributed by atoms with Gasteiger partial charge in [-0.05, 0) is 28.8 Å². The molecule has 0 heterocycles. The van der Waals surface area contributed by atoms with E-state index in [1.807, 2.05) is 48.5 Å². The molecule has 0 aliphatic heterocycles. The molecule has 0 spiro atoms. The minimum Gasteiger partial charge on any atom is -0.497 e. The summed E-state index contributed by atoms with van der Waals surface area (Å²) < 4.78 is 5.20. The van der Waals surface area contributed by atoms with Crippen molar-refractivity contribution in [2.24, 2.45) is 0 Å². The van der Waals surface area contributed by atoms with Crippen molar-refractivity contribution in [1.82, 2.24) is 0 Å². The predicted molar refractivity (Wildman–Crippen MR) is 95.9 cm³/mol. The van der Waals surface area contributed by atoms with E-state index in [2.05, 4.69) is 0 Å². The number of ketones is 1. The normalized spacial score (nSPS) is 21.8. The molecule has 3 aromatic rings. The Hall–Kier alpha value is -2.91. The maximum Gasteiger partial charge on any atom is 0.200 e. The quantitative estimate of drug-likeness (QED) is 0.792. The molecule has 0 saturated heterocycles. The molecule has 0 aromatic heterocycles. The Labute approximate surface area is 146 Å². The minimum absolute atomic E-state index is 0.262. The second kappa shape index (κ2) is 5.87. The van der Waals surface area contributed by atoms with E-state index < -0.39 is 11.5 Å². The largest absolute Gasteiger partial charge is 0.497 e. The van der Waals surface area contributed by atoms with Gasteiger partial charge in [0, 0.05) is 5.56 Å². The summed E-state index contributed by atoms with van der Waals surface area (Å²) in [4.78, 5) is 13.2. The molecule has 0 fully saturated rings. The molecule has 0 amide bonds. The highest BCUT2D eigenvalue weighted by Crippen LogP contribution is 2.50.